The lowest BCUT2D eigenvalue weighted by molar-refractivity contribution is -0.893. The van der Waals surface area contributed by atoms with Crippen molar-refractivity contribution < 1.29 is 14.5 Å². The van der Waals surface area contributed by atoms with Crippen LogP contribution >= 0.6 is 11.8 Å². The van der Waals surface area contributed by atoms with Gasteiger partial charge in [-0.15, -0.1) is 10.2 Å². The van der Waals surface area contributed by atoms with E-state index in [1.807, 2.05) is 30.3 Å². The summed E-state index contributed by atoms with van der Waals surface area (Å²) in [5.41, 5.74) is 6.16. The third-order valence-electron chi connectivity index (χ3n) is 4.24. The second-order valence-corrected chi connectivity index (χ2v) is 7.87. The van der Waals surface area contributed by atoms with Crippen molar-refractivity contribution in [1.29, 1.82) is 0 Å². The maximum atomic E-state index is 12.0. The van der Waals surface area contributed by atoms with Gasteiger partial charge >= 0.3 is 6.03 Å². The first-order valence-corrected chi connectivity index (χ1v) is 9.75. The monoisotopic (exact) mass is 391 g/mol. The molecule has 0 radical (unpaired) electrons. The summed E-state index contributed by atoms with van der Waals surface area (Å²) >= 11 is 1.26. The van der Waals surface area contributed by atoms with E-state index < -0.39 is 17.2 Å². The minimum atomic E-state index is -0.860. The summed E-state index contributed by atoms with van der Waals surface area (Å²) in [6.07, 6.45) is 0.914. The molecule has 0 fully saturated rings. The van der Waals surface area contributed by atoms with Crippen molar-refractivity contribution >= 4 is 23.7 Å². The highest BCUT2D eigenvalue weighted by molar-refractivity contribution is 8.00. The summed E-state index contributed by atoms with van der Waals surface area (Å²) < 4.78 is 2.05. The Morgan fingerprint density at radius 1 is 1.26 bits per heavy atom. The van der Waals surface area contributed by atoms with E-state index in [2.05, 4.69) is 41.1 Å². The first-order chi connectivity index (χ1) is 12.8. The van der Waals surface area contributed by atoms with Crippen molar-refractivity contribution in [3.63, 3.8) is 0 Å². The molecule has 0 saturated heterocycles. The fourth-order valence-electron chi connectivity index (χ4n) is 2.84. The molecule has 0 saturated carbocycles. The number of hydrogen-bond acceptors (Lipinski definition) is 5. The summed E-state index contributed by atoms with van der Waals surface area (Å²) in [6, 6.07) is 9.37. The van der Waals surface area contributed by atoms with E-state index in [1.165, 1.54) is 16.7 Å². The lowest BCUT2D eigenvalue weighted by Crippen LogP contribution is -3.06. The first kappa shape index (κ1) is 20.9. The largest absolute Gasteiger partial charge is 0.351 e. The standard InChI is InChI=1S/C18H26N6O2S/c1-5-14(23(3)4)15-21-22-18(27-12(2)16(25)20-17(19)26)24(15)11-13-9-7-6-8-10-13/h6-10,12,14H,5,11H2,1-4H3,(H3,19,20,25,26)/p+1/t12-,14-/m0/s1. The summed E-state index contributed by atoms with van der Waals surface area (Å²) in [4.78, 5) is 24.2. The van der Waals surface area contributed by atoms with Crippen LogP contribution < -0.4 is 16.0 Å². The molecule has 2 atom stereocenters. The van der Waals surface area contributed by atoms with E-state index in [-0.39, 0.29) is 6.04 Å². The number of aromatic nitrogens is 3. The number of quaternary nitrogens is 1. The highest BCUT2D eigenvalue weighted by atomic mass is 32.2. The fourth-order valence-corrected chi connectivity index (χ4v) is 3.70. The lowest BCUT2D eigenvalue weighted by atomic mass is 10.2. The third-order valence-corrected chi connectivity index (χ3v) is 5.32. The number of nitrogens with two attached hydrogens (primary N) is 1. The van der Waals surface area contributed by atoms with Crippen LogP contribution in [0.2, 0.25) is 0 Å². The van der Waals surface area contributed by atoms with E-state index in [1.54, 1.807) is 6.92 Å². The fraction of sp³-hybridized carbons (Fsp3) is 0.444. The zero-order valence-corrected chi connectivity index (χ0v) is 16.9. The molecule has 4 N–H and O–H groups in total. The molecular weight excluding hydrogens is 364 g/mol. The van der Waals surface area contributed by atoms with Crippen molar-refractivity contribution in [3.05, 3.63) is 41.7 Å². The Morgan fingerprint density at radius 3 is 2.48 bits per heavy atom. The third kappa shape index (κ3) is 5.54. The second kappa shape index (κ2) is 9.52. The minimum Gasteiger partial charge on any atom is -0.351 e. The molecule has 1 heterocycles. The molecule has 146 valence electrons. The van der Waals surface area contributed by atoms with Gasteiger partial charge in [-0.25, -0.2) is 4.79 Å². The summed E-state index contributed by atoms with van der Waals surface area (Å²) in [6.45, 7) is 4.44. The Bertz CT molecular complexity index is 777. The molecule has 27 heavy (non-hydrogen) atoms. The molecule has 3 amide bonds. The Balaban J connectivity index is 2.34. The highest BCUT2D eigenvalue weighted by Gasteiger charge is 2.27. The van der Waals surface area contributed by atoms with Crippen LogP contribution in [0.1, 0.15) is 37.7 Å². The van der Waals surface area contributed by atoms with Gasteiger partial charge in [-0.1, -0.05) is 49.0 Å². The van der Waals surface area contributed by atoms with E-state index in [0.29, 0.717) is 11.7 Å². The predicted molar refractivity (Wildman–Crippen MR) is 104 cm³/mol. The quantitative estimate of drug-likeness (QED) is 0.571. The van der Waals surface area contributed by atoms with Crippen LogP contribution in [0.5, 0.6) is 0 Å². The SMILES string of the molecule is CC[C@@H](c1nnc(S[C@@H](C)C(=O)NC(N)=O)n1Cc1ccccc1)[NH+](C)C. The van der Waals surface area contributed by atoms with E-state index in [4.69, 9.17) is 5.73 Å². The van der Waals surface area contributed by atoms with E-state index >= 15 is 0 Å². The molecule has 0 aliphatic carbocycles. The van der Waals surface area contributed by atoms with Crippen LogP contribution in [0.15, 0.2) is 35.5 Å². The van der Waals surface area contributed by atoms with E-state index in [9.17, 15) is 9.59 Å². The second-order valence-electron chi connectivity index (χ2n) is 6.56. The van der Waals surface area contributed by atoms with Gasteiger partial charge in [0.25, 0.3) is 0 Å². The lowest BCUT2D eigenvalue weighted by Gasteiger charge is -2.21. The Hall–Kier alpha value is -2.39. The Kier molecular flexibility index (Phi) is 7.37. The van der Waals surface area contributed by atoms with Crippen LogP contribution in [0.25, 0.3) is 0 Å². The number of rotatable bonds is 8. The van der Waals surface area contributed by atoms with Crippen molar-refractivity contribution in [1.82, 2.24) is 20.1 Å². The summed E-state index contributed by atoms with van der Waals surface area (Å²) in [5, 5.41) is 11.0. The number of benzene rings is 1. The van der Waals surface area contributed by atoms with Gasteiger partial charge in [0.2, 0.25) is 5.91 Å². The van der Waals surface area contributed by atoms with Crippen LogP contribution in [0, 0.1) is 0 Å². The van der Waals surface area contributed by atoms with Crippen LogP contribution in [-0.4, -0.2) is 46.0 Å². The number of urea groups is 1. The number of carbonyl (C=O) groups is 2. The molecule has 0 aliphatic rings. The molecule has 0 unspecified atom stereocenters. The molecule has 2 rings (SSSR count). The van der Waals surface area contributed by atoms with Crippen LogP contribution in [0.3, 0.4) is 0 Å². The predicted octanol–water partition coefficient (Wildman–Crippen LogP) is 0.598. The number of primary amides is 1. The average molecular weight is 392 g/mol. The van der Waals surface area contributed by atoms with Gasteiger partial charge in [0.05, 0.1) is 25.9 Å². The number of imide groups is 1. The molecule has 2 aromatic rings. The molecule has 1 aromatic carbocycles. The molecular formula is C18H27N6O2S+. The van der Waals surface area contributed by atoms with Gasteiger partial charge in [0, 0.05) is 6.42 Å². The van der Waals surface area contributed by atoms with Crippen molar-refractivity contribution in [2.45, 2.75) is 43.3 Å². The Morgan fingerprint density at radius 2 is 1.93 bits per heavy atom. The number of nitrogens with one attached hydrogen (secondary N) is 2. The average Bonchev–Trinajstić information content (AvgIpc) is 2.98. The molecule has 9 heteroatoms. The van der Waals surface area contributed by atoms with E-state index in [0.717, 1.165) is 17.8 Å². The van der Waals surface area contributed by atoms with Gasteiger partial charge in [0.15, 0.2) is 11.0 Å². The van der Waals surface area contributed by atoms with Crippen LogP contribution in [0.4, 0.5) is 4.79 Å². The normalized spacial score (nSPS) is 13.4. The highest BCUT2D eigenvalue weighted by Crippen LogP contribution is 2.25. The number of carbonyl (C=O) groups excluding carboxylic acids is 2. The summed E-state index contributed by atoms with van der Waals surface area (Å²) in [7, 11) is 4.18. The van der Waals surface area contributed by atoms with Crippen LogP contribution in [-0.2, 0) is 11.3 Å². The minimum absolute atomic E-state index is 0.185. The molecule has 0 aliphatic heterocycles. The molecule has 1 aromatic heterocycles. The molecule has 8 nitrogen and oxygen atoms in total. The topological polar surface area (TPSA) is 107 Å². The maximum Gasteiger partial charge on any atom is 0.318 e. The smallest absolute Gasteiger partial charge is 0.318 e. The zero-order valence-electron chi connectivity index (χ0n) is 16.1. The van der Waals surface area contributed by atoms with Gasteiger partial charge < -0.3 is 10.6 Å². The van der Waals surface area contributed by atoms with Gasteiger partial charge in [-0.3, -0.25) is 14.7 Å². The first-order valence-electron chi connectivity index (χ1n) is 8.87. The van der Waals surface area contributed by atoms with Crippen molar-refractivity contribution in [3.8, 4) is 0 Å². The summed E-state index contributed by atoms with van der Waals surface area (Å²) in [5.74, 6) is 0.431. The Labute approximate surface area is 163 Å². The molecule has 0 spiro atoms. The number of amides is 3. The molecule has 0 bridgehead atoms. The van der Waals surface area contributed by atoms with Gasteiger partial charge in [0.1, 0.15) is 6.04 Å². The van der Waals surface area contributed by atoms with Gasteiger partial charge in [-0.2, -0.15) is 0 Å². The maximum absolute atomic E-state index is 12.0. The number of thioether (sulfide) groups is 1. The number of hydrogen-bond donors (Lipinski definition) is 3. The number of nitrogens with zero attached hydrogens (tertiary/aromatic N) is 3. The van der Waals surface area contributed by atoms with Crippen molar-refractivity contribution in [2.75, 3.05) is 14.1 Å². The zero-order chi connectivity index (χ0) is 20.0. The van der Waals surface area contributed by atoms with Crippen molar-refractivity contribution in [2.24, 2.45) is 5.73 Å². The van der Waals surface area contributed by atoms with Gasteiger partial charge in [-0.05, 0) is 12.5 Å².